The minimum atomic E-state index is -1.82. The minimum absolute atomic E-state index is 0.267. The Balaban J connectivity index is 2.80. The molecule has 19 heavy (non-hydrogen) atoms. The molecule has 0 saturated carbocycles. The van der Waals surface area contributed by atoms with Gasteiger partial charge in [0, 0.05) is 17.2 Å². The Labute approximate surface area is 105 Å². The van der Waals surface area contributed by atoms with E-state index in [0.29, 0.717) is 6.07 Å². The molecule has 0 aliphatic heterocycles. The van der Waals surface area contributed by atoms with Gasteiger partial charge in [-0.05, 0) is 6.07 Å². The van der Waals surface area contributed by atoms with E-state index in [4.69, 9.17) is 0 Å². The second-order valence-corrected chi connectivity index (χ2v) is 3.93. The molecule has 0 fully saturated rings. The molecule has 2 aromatic rings. The summed E-state index contributed by atoms with van der Waals surface area (Å²) in [4.78, 5) is 0. The summed E-state index contributed by atoms with van der Waals surface area (Å²) >= 11 is 0. The fraction of sp³-hybridized carbons (Fsp3) is 0. The van der Waals surface area contributed by atoms with Crippen molar-refractivity contribution in [3.05, 3.63) is 53.1 Å². The molecule has 0 aliphatic carbocycles. The summed E-state index contributed by atoms with van der Waals surface area (Å²) in [7, 11) is 1.12. The molecule has 7 heteroatoms. The Morgan fingerprint density at radius 2 is 1.21 bits per heavy atom. The van der Waals surface area contributed by atoms with E-state index in [9.17, 15) is 26.3 Å². The largest absolute Gasteiger partial charge is 0.207 e. The maximum Gasteiger partial charge on any atom is 0.194 e. The molecular formula is C12H5BF6. The van der Waals surface area contributed by atoms with E-state index >= 15 is 0 Å². The highest BCUT2D eigenvalue weighted by Gasteiger charge is 2.21. The van der Waals surface area contributed by atoms with Gasteiger partial charge in [-0.25, -0.2) is 26.3 Å². The van der Waals surface area contributed by atoms with Crippen LogP contribution in [0.1, 0.15) is 0 Å². The number of hydrogen-bond donors (Lipinski definition) is 0. The standard InChI is InChI=1S/C12H5BF6/c13-7-3-6(10(17)12(19)11(7)18)5-1-4(14)2-8(15)9(5)16/h1-3H,13H2. The average molecular weight is 274 g/mol. The first-order chi connectivity index (χ1) is 8.82. The predicted molar refractivity (Wildman–Crippen MR) is 59.8 cm³/mol. The van der Waals surface area contributed by atoms with Crippen molar-refractivity contribution in [2.24, 2.45) is 0 Å². The van der Waals surface area contributed by atoms with Crippen molar-refractivity contribution in [2.75, 3.05) is 0 Å². The Morgan fingerprint density at radius 3 is 1.84 bits per heavy atom. The first-order valence-corrected chi connectivity index (χ1v) is 5.12. The third-order valence-corrected chi connectivity index (χ3v) is 2.61. The molecule has 0 aliphatic rings. The van der Waals surface area contributed by atoms with Gasteiger partial charge in [0.1, 0.15) is 13.7 Å². The SMILES string of the molecule is Bc1cc(-c2cc(F)cc(F)c2F)c(F)c(F)c1F. The molecule has 98 valence electrons. The molecule has 0 nitrogen and oxygen atoms in total. The molecule has 0 heterocycles. The van der Waals surface area contributed by atoms with Crippen LogP contribution in [0, 0.1) is 34.9 Å². The number of hydrogen-bond acceptors (Lipinski definition) is 0. The zero-order valence-electron chi connectivity index (χ0n) is 9.50. The molecule has 0 spiro atoms. The van der Waals surface area contributed by atoms with Crippen molar-refractivity contribution in [3.63, 3.8) is 0 Å². The molecule has 0 unspecified atom stereocenters. The van der Waals surface area contributed by atoms with Crippen LogP contribution in [-0.2, 0) is 0 Å². The maximum absolute atomic E-state index is 13.5. The van der Waals surface area contributed by atoms with Crippen LogP contribution >= 0.6 is 0 Å². The van der Waals surface area contributed by atoms with E-state index in [2.05, 4.69) is 0 Å². The lowest BCUT2D eigenvalue weighted by Gasteiger charge is -2.09. The number of benzene rings is 2. The van der Waals surface area contributed by atoms with Crippen LogP contribution in [0.15, 0.2) is 18.2 Å². The van der Waals surface area contributed by atoms with Crippen LogP contribution in [-0.4, -0.2) is 7.85 Å². The Kier molecular flexibility index (Phi) is 3.30. The number of rotatable bonds is 1. The van der Waals surface area contributed by atoms with Gasteiger partial charge in [-0.3, -0.25) is 0 Å². The zero-order chi connectivity index (χ0) is 14.3. The van der Waals surface area contributed by atoms with E-state index < -0.39 is 46.0 Å². The van der Waals surface area contributed by atoms with Crippen molar-refractivity contribution >= 4 is 13.3 Å². The Hall–Kier alpha value is -1.92. The molecule has 2 rings (SSSR count). The summed E-state index contributed by atoms with van der Waals surface area (Å²) in [5, 5.41) is 0. The highest BCUT2D eigenvalue weighted by molar-refractivity contribution is 6.32. The van der Waals surface area contributed by atoms with Gasteiger partial charge in [0.25, 0.3) is 0 Å². The van der Waals surface area contributed by atoms with Gasteiger partial charge in [-0.15, -0.1) is 0 Å². The van der Waals surface area contributed by atoms with Crippen LogP contribution in [0.25, 0.3) is 11.1 Å². The highest BCUT2D eigenvalue weighted by atomic mass is 19.2. The highest BCUT2D eigenvalue weighted by Crippen LogP contribution is 2.29. The van der Waals surface area contributed by atoms with Crippen LogP contribution in [0.2, 0.25) is 0 Å². The second-order valence-electron chi connectivity index (χ2n) is 3.93. The zero-order valence-corrected chi connectivity index (χ0v) is 9.50. The van der Waals surface area contributed by atoms with Crippen LogP contribution < -0.4 is 5.46 Å². The lowest BCUT2D eigenvalue weighted by molar-refractivity contribution is 0.451. The van der Waals surface area contributed by atoms with E-state index in [1.165, 1.54) is 0 Å². The lowest BCUT2D eigenvalue weighted by Crippen LogP contribution is -2.14. The monoisotopic (exact) mass is 274 g/mol. The molecule has 0 radical (unpaired) electrons. The summed E-state index contributed by atoms with van der Waals surface area (Å²) in [6.07, 6.45) is 0. The fourth-order valence-corrected chi connectivity index (χ4v) is 1.68. The van der Waals surface area contributed by atoms with Crippen LogP contribution in [0.5, 0.6) is 0 Å². The van der Waals surface area contributed by atoms with E-state index in [1.807, 2.05) is 0 Å². The van der Waals surface area contributed by atoms with Gasteiger partial charge < -0.3 is 0 Å². The maximum atomic E-state index is 13.5. The molecule has 0 saturated heterocycles. The molecule has 0 N–H and O–H groups in total. The topological polar surface area (TPSA) is 0 Å². The van der Waals surface area contributed by atoms with Crippen molar-refractivity contribution in [1.82, 2.24) is 0 Å². The van der Waals surface area contributed by atoms with Crippen molar-refractivity contribution in [2.45, 2.75) is 0 Å². The minimum Gasteiger partial charge on any atom is -0.207 e. The number of halogens is 6. The van der Waals surface area contributed by atoms with E-state index in [1.54, 1.807) is 0 Å². The van der Waals surface area contributed by atoms with Gasteiger partial charge in [-0.1, -0.05) is 11.5 Å². The summed E-state index contributed by atoms with van der Waals surface area (Å²) in [6.45, 7) is 0. The molecule has 0 atom stereocenters. The molecular weight excluding hydrogens is 269 g/mol. The lowest BCUT2D eigenvalue weighted by atomic mass is 9.90. The first kappa shape index (κ1) is 13.5. The Morgan fingerprint density at radius 1 is 0.632 bits per heavy atom. The third kappa shape index (κ3) is 2.20. The fourth-order valence-electron chi connectivity index (χ4n) is 1.68. The summed E-state index contributed by atoms with van der Waals surface area (Å²) in [5.41, 5.74) is -1.86. The second kappa shape index (κ2) is 4.64. The average Bonchev–Trinajstić information content (AvgIpc) is 2.36. The van der Waals surface area contributed by atoms with Crippen LogP contribution in [0.3, 0.4) is 0 Å². The van der Waals surface area contributed by atoms with E-state index in [-0.39, 0.29) is 11.5 Å². The predicted octanol–water partition coefficient (Wildman–Crippen LogP) is 2.45. The molecule has 2 aromatic carbocycles. The van der Waals surface area contributed by atoms with Crippen molar-refractivity contribution < 1.29 is 26.3 Å². The van der Waals surface area contributed by atoms with Gasteiger partial charge >= 0.3 is 0 Å². The smallest absolute Gasteiger partial charge is 0.194 e. The van der Waals surface area contributed by atoms with Crippen molar-refractivity contribution in [3.8, 4) is 11.1 Å². The van der Waals surface area contributed by atoms with E-state index in [0.717, 1.165) is 13.9 Å². The van der Waals surface area contributed by atoms with Gasteiger partial charge in [-0.2, -0.15) is 0 Å². The van der Waals surface area contributed by atoms with Crippen molar-refractivity contribution in [1.29, 1.82) is 0 Å². The van der Waals surface area contributed by atoms with Gasteiger partial charge in [0.05, 0.1) is 0 Å². The molecule has 0 bridgehead atoms. The summed E-state index contributed by atoms with van der Waals surface area (Å²) in [6, 6.07) is 1.56. The third-order valence-electron chi connectivity index (χ3n) is 2.61. The normalized spacial score (nSPS) is 10.8. The summed E-state index contributed by atoms with van der Waals surface area (Å²) in [5.74, 6) is -9.19. The molecule has 0 aromatic heterocycles. The van der Waals surface area contributed by atoms with Gasteiger partial charge in [0.2, 0.25) is 0 Å². The first-order valence-electron chi connectivity index (χ1n) is 5.12. The van der Waals surface area contributed by atoms with Crippen LogP contribution in [0.4, 0.5) is 26.3 Å². The van der Waals surface area contributed by atoms with Gasteiger partial charge in [0.15, 0.2) is 29.1 Å². The summed E-state index contributed by atoms with van der Waals surface area (Å²) < 4.78 is 79.4. The Bertz CT molecular complexity index is 668. The molecule has 0 amide bonds. The quantitative estimate of drug-likeness (QED) is 0.324.